The van der Waals surface area contributed by atoms with E-state index in [0.29, 0.717) is 12.6 Å². The highest BCUT2D eigenvalue weighted by Gasteiger charge is 2.33. The maximum absolute atomic E-state index is 12.9. The molecular formula is C14H21FN2. The van der Waals surface area contributed by atoms with Gasteiger partial charge >= 0.3 is 0 Å². The highest BCUT2D eigenvalue weighted by Crippen LogP contribution is 2.37. The van der Waals surface area contributed by atoms with Gasteiger partial charge in [0.2, 0.25) is 0 Å². The quantitative estimate of drug-likeness (QED) is 0.851. The Morgan fingerprint density at radius 1 is 1.35 bits per heavy atom. The predicted molar refractivity (Wildman–Crippen MR) is 68.1 cm³/mol. The molecule has 2 nitrogen and oxygen atoms in total. The van der Waals surface area contributed by atoms with E-state index >= 15 is 0 Å². The van der Waals surface area contributed by atoms with Crippen LogP contribution < -0.4 is 5.73 Å². The summed E-state index contributed by atoms with van der Waals surface area (Å²) >= 11 is 0. The van der Waals surface area contributed by atoms with E-state index in [1.807, 2.05) is 12.1 Å². The summed E-state index contributed by atoms with van der Waals surface area (Å²) in [4.78, 5) is 2.32. The van der Waals surface area contributed by atoms with Crippen LogP contribution in [0.5, 0.6) is 0 Å². The number of rotatable bonds is 5. The van der Waals surface area contributed by atoms with Crippen molar-refractivity contribution in [1.29, 1.82) is 0 Å². The fourth-order valence-corrected chi connectivity index (χ4v) is 2.42. The van der Waals surface area contributed by atoms with Crippen LogP contribution >= 0.6 is 0 Å². The fourth-order valence-electron chi connectivity index (χ4n) is 2.42. The first-order chi connectivity index (χ1) is 8.13. The van der Waals surface area contributed by atoms with Crippen molar-refractivity contribution in [2.75, 3.05) is 13.6 Å². The molecule has 0 aromatic heterocycles. The predicted octanol–water partition coefficient (Wildman–Crippen LogP) is 2.56. The van der Waals surface area contributed by atoms with Crippen LogP contribution in [0.4, 0.5) is 4.39 Å². The standard InChI is InChI=1S/C14H21FN2/c1-10(11-3-4-11)17(2)14(9-16)12-5-7-13(15)8-6-12/h5-8,10-11,14H,3-4,9,16H2,1-2H3. The molecule has 0 aliphatic heterocycles. The number of nitrogens with zero attached hydrogens (tertiary/aromatic N) is 1. The molecule has 0 amide bonds. The van der Waals surface area contributed by atoms with E-state index in [0.717, 1.165) is 11.5 Å². The average Bonchev–Trinajstić information content (AvgIpc) is 3.15. The molecule has 1 aromatic rings. The molecule has 0 bridgehead atoms. The molecule has 2 atom stereocenters. The van der Waals surface area contributed by atoms with E-state index < -0.39 is 0 Å². The minimum Gasteiger partial charge on any atom is -0.329 e. The summed E-state index contributed by atoms with van der Waals surface area (Å²) in [6, 6.07) is 7.42. The van der Waals surface area contributed by atoms with Crippen molar-refractivity contribution in [3.8, 4) is 0 Å². The zero-order chi connectivity index (χ0) is 12.4. The number of likely N-dealkylation sites (N-methyl/N-ethyl adjacent to an activating group) is 1. The Labute approximate surface area is 103 Å². The van der Waals surface area contributed by atoms with Gasteiger partial charge in [-0.3, -0.25) is 4.90 Å². The van der Waals surface area contributed by atoms with Gasteiger partial charge in [0.1, 0.15) is 5.82 Å². The third-order valence-corrected chi connectivity index (χ3v) is 3.92. The zero-order valence-electron chi connectivity index (χ0n) is 10.6. The summed E-state index contributed by atoms with van der Waals surface area (Å²) in [5.41, 5.74) is 6.97. The third kappa shape index (κ3) is 2.85. The summed E-state index contributed by atoms with van der Waals surface area (Å²) in [6.07, 6.45) is 2.65. The molecule has 2 unspecified atom stereocenters. The molecule has 0 spiro atoms. The van der Waals surface area contributed by atoms with Crippen LogP contribution in [0.1, 0.15) is 31.4 Å². The Kier molecular flexibility index (Phi) is 3.79. The lowest BCUT2D eigenvalue weighted by Gasteiger charge is -2.33. The molecule has 17 heavy (non-hydrogen) atoms. The van der Waals surface area contributed by atoms with Gasteiger partial charge in [-0.1, -0.05) is 12.1 Å². The van der Waals surface area contributed by atoms with E-state index in [1.54, 1.807) is 0 Å². The SMILES string of the molecule is CC(C1CC1)N(C)C(CN)c1ccc(F)cc1. The largest absolute Gasteiger partial charge is 0.329 e. The molecule has 0 radical (unpaired) electrons. The third-order valence-electron chi connectivity index (χ3n) is 3.92. The lowest BCUT2D eigenvalue weighted by molar-refractivity contribution is 0.171. The number of hydrogen-bond donors (Lipinski definition) is 1. The smallest absolute Gasteiger partial charge is 0.123 e. The maximum atomic E-state index is 12.9. The lowest BCUT2D eigenvalue weighted by atomic mass is 10.0. The first kappa shape index (κ1) is 12.5. The number of nitrogens with two attached hydrogens (primary N) is 1. The van der Waals surface area contributed by atoms with E-state index in [2.05, 4.69) is 18.9 Å². The van der Waals surface area contributed by atoms with Gasteiger partial charge in [0.05, 0.1) is 0 Å². The number of benzene rings is 1. The van der Waals surface area contributed by atoms with Crippen LogP contribution in [0.25, 0.3) is 0 Å². The maximum Gasteiger partial charge on any atom is 0.123 e. The van der Waals surface area contributed by atoms with Crippen molar-refractivity contribution in [3.63, 3.8) is 0 Å². The van der Waals surface area contributed by atoms with Crippen LogP contribution in [0, 0.1) is 11.7 Å². The van der Waals surface area contributed by atoms with E-state index in [-0.39, 0.29) is 11.9 Å². The second-order valence-electron chi connectivity index (χ2n) is 5.05. The molecule has 3 heteroatoms. The van der Waals surface area contributed by atoms with E-state index in [9.17, 15) is 4.39 Å². The van der Waals surface area contributed by atoms with Crippen molar-refractivity contribution >= 4 is 0 Å². The molecule has 94 valence electrons. The second kappa shape index (κ2) is 5.15. The average molecular weight is 236 g/mol. The van der Waals surface area contributed by atoms with Gasteiger partial charge in [0.25, 0.3) is 0 Å². The molecule has 2 N–H and O–H groups in total. The molecule has 0 saturated heterocycles. The summed E-state index contributed by atoms with van der Waals surface area (Å²) in [5.74, 6) is 0.622. The van der Waals surface area contributed by atoms with E-state index in [4.69, 9.17) is 5.73 Å². The lowest BCUT2D eigenvalue weighted by Crippen LogP contribution is -2.38. The van der Waals surface area contributed by atoms with Gasteiger partial charge in [0, 0.05) is 18.6 Å². The highest BCUT2D eigenvalue weighted by atomic mass is 19.1. The van der Waals surface area contributed by atoms with Crippen LogP contribution in [0.2, 0.25) is 0 Å². The van der Waals surface area contributed by atoms with Crippen molar-refractivity contribution in [1.82, 2.24) is 4.90 Å². The molecular weight excluding hydrogens is 215 g/mol. The molecule has 1 fully saturated rings. The van der Waals surface area contributed by atoms with Crippen LogP contribution in [-0.2, 0) is 0 Å². The number of hydrogen-bond acceptors (Lipinski definition) is 2. The van der Waals surface area contributed by atoms with Gasteiger partial charge < -0.3 is 5.73 Å². The fraction of sp³-hybridized carbons (Fsp3) is 0.571. The molecule has 1 aromatic carbocycles. The Morgan fingerprint density at radius 3 is 2.41 bits per heavy atom. The summed E-state index contributed by atoms with van der Waals surface area (Å²) in [7, 11) is 2.11. The first-order valence-corrected chi connectivity index (χ1v) is 6.31. The topological polar surface area (TPSA) is 29.3 Å². The normalized spacial score (nSPS) is 19.4. The van der Waals surface area contributed by atoms with Gasteiger partial charge in [0.15, 0.2) is 0 Å². The van der Waals surface area contributed by atoms with Crippen LogP contribution in [-0.4, -0.2) is 24.5 Å². The van der Waals surface area contributed by atoms with Crippen LogP contribution in [0.3, 0.4) is 0 Å². The van der Waals surface area contributed by atoms with Gasteiger partial charge in [-0.15, -0.1) is 0 Å². The molecule has 1 aliphatic carbocycles. The summed E-state index contributed by atoms with van der Waals surface area (Å²) in [5, 5.41) is 0. The zero-order valence-corrected chi connectivity index (χ0v) is 10.6. The Bertz CT molecular complexity index is 359. The molecule has 0 heterocycles. The van der Waals surface area contributed by atoms with Gasteiger partial charge in [-0.05, 0) is 50.4 Å². The Morgan fingerprint density at radius 2 is 1.94 bits per heavy atom. The number of halogens is 1. The van der Waals surface area contributed by atoms with Crippen molar-refractivity contribution in [3.05, 3.63) is 35.6 Å². The first-order valence-electron chi connectivity index (χ1n) is 6.31. The monoisotopic (exact) mass is 236 g/mol. The van der Waals surface area contributed by atoms with Gasteiger partial charge in [-0.25, -0.2) is 4.39 Å². The minimum absolute atomic E-state index is 0.186. The van der Waals surface area contributed by atoms with Crippen molar-refractivity contribution < 1.29 is 4.39 Å². The van der Waals surface area contributed by atoms with Crippen molar-refractivity contribution in [2.24, 2.45) is 11.7 Å². The summed E-state index contributed by atoms with van der Waals surface area (Å²) in [6.45, 7) is 2.82. The minimum atomic E-state index is -0.192. The van der Waals surface area contributed by atoms with Crippen LogP contribution in [0.15, 0.2) is 24.3 Å². The molecule has 1 saturated carbocycles. The Hall–Kier alpha value is -0.930. The Balaban J connectivity index is 2.11. The second-order valence-corrected chi connectivity index (χ2v) is 5.05. The molecule has 1 aliphatic rings. The highest BCUT2D eigenvalue weighted by molar-refractivity contribution is 5.20. The molecule has 2 rings (SSSR count). The van der Waals surface area contributed by atoms with E-state index in [1.165, 1.54) is 25.0 Å². The van der Waals surface area contributed by atoms with Crippen molar-refractivity contribution in [2.45, 2.75) is 31.8 Å². The van der Waals surface area contributed by atoms with Gasteiger partial charge in [-0.2, -0.15) is 0 Å². The summed E-state index contributed by atoms with van der Waals surface area (Å²) < 4.78 is 12.9.